The van der Waals surface area contributed by atoms with Gasteiger partial charge in [0.15, 0.2) is 5.96 Å². The number of guanidine groups is 1. The van der Waals surface area contributed by atoms with Gasteiger partial charge >= 0.3 is 0 Å². The van der Waals surface area contributed by atoms with Gasteiger partial charge in [-0.05, 0) is 23.4 Å². The van der Waals surface area contributed by atoms with E-state index in [4.69, 9.17) is 4.74 Å². The van der Waals surface area contributed by atoms with Gasteiger partial charge < -0.3 is 15.4 Å². The Kier molecular flexibility index (Phi) is 6.70. The van der Waals surface area contributed by atoms with Crippen LogP contribution in [0.4, 0.5) is 0 Å². The van der Waals surface area contributed by atoms with Crippen LogP contribution < -0.4 is 15.4 Å². The molecule has 0 bridgehead atoms. The van der Waals surface area contributed by atoms with Crippen LogP contribution in [0, 0.1) is 0 Å². The molecule has 0 aliphatic carbocycles. The van der Waals surface area contributed by atoms with Gasteiger partial charge in [0.2, 0.25) is 5.88 Å². The highest BCUT2D eigenvalue weighted by atomic mass is 32.1. The summed E-state index contributed by atoms with van der Waals surface area (Å²) in [4.78, 5) is 9.78. The van der Waals surface area contributed by atoms with Gasteiger partial charge in [0, 0.05) is 30.7 Å². The molecule has 5 nitrogen and oxygen atoms in total. The highest BCUT2D eigenvalue weighted by Gasteiger charge is 2.01. The van der Waals surface area contributed by atoms with Crippen molar-refractivity contribution in [2.75, 3.05) is 13.7 Å². The zero-order valence-corrected chi connectivity index (χ0v) is 13.8. The van der Waals surface area contributed by atoms with Crippen LogP contribution in [0.2, 0.25) is 0 Å². The molecule has 0 saturated carbocycles. The van der Waals surface area contributed by atoms with Crippen molar-refractivity contribution in [3.8, 4) is 5.88 Å². The van der Waals surface area contributed by atoms with Gasteiger partial charge in [-0.2, -0.15) is 0 Å². The highest BCUT2D eigenvalue weighted by molar-refractivity contribution is 7.09. The highest BCUT2D eigenvalue weighted by Crippen LogP contribution is 2.08. The molecule has 2 rings (SSSR count). The fourth-order valence-corrected chi connectivity index (χ4v) is 2.44. The summed E-state index contributed by atoms with van der Waals surface area (Å²) in [6, 6.07) is 8.06. The largest absolute Gasteiger partial charge is 0.478 e. The summed E-state index contributed by atoms with van der Waals surface area (Å²) < 4.78 is 5.47. The van der Waals surface area contributed by atoms with E-state index in [2.05, 4.69) is 39.0 Å². The molecular weight excluding hydrogens is 296 g/mol. The summed E-state index contributed by atoms with van der Waals surface area (Å²) in [5, 5.41) is 8.63. The zero-order chi connectivity index (χ0) is 15.6. The minimum Gasteiger partial charge on any atom is -0.478 e. The summed E-state index contributed by atoms with van der Waals surface area (Å²) in [5.41, 5.74) is 1.09. The van der Waals surface area contributed by atoms with Crippen LogP contribution in [-0.2, 0) is 13.1 Å². The molecule has 0 radical (unpaired) electrons. The van der Waals surface area contributed by atoms with E-state index in [0.29, 0.717) is 19.0 Å². The minimum absolute atomic E-state index is 0.672. The second-order valence-corrected chi connectivity index (χ2v) is 5.74. The topological polar surface area (TPSA) is 58.5 Å². The first-order valence-corrected chi connectivity index (χ1v) is 8.24. The average Bonchev–Trinajstić information content (AvgIpc) is 3.07. The maximum absolute atomic E-state index is 5.47. The third kappa shape index (κ3) is 5.37. The predicted molar refractivity (Wildman–Crippen MR) is 91.4 cm³/mol. The third-order valence-electron chi connectivity index (χ3n) is 2.95. The molecule has 2 aromatic heterocycles. The molecule has 118 valence electrons. The fourth-order valence-electron chi connectivity index (χ4n) is 1.80. The van der Waals surface area contributed by atoms with Gasteiger partial charge in [-0.25, -0.2) is 4.98 Å². The second-order valence-electron chi connectivity index (χ2n) is 4.71. The number of pyridine rings is 1. The lowest BCUT2D eigenvalue weighted by Gasteiger charge is -2.11. The number of nitrogens with one attached hydrogen (secondary N) is 2. The Balaban J connectivity index is 1.77. The molecule has 2 heterocycles. The maximum atomic E-state index is 5.47. The molecule has 0 aliphatic rings. The lowest BCUT2D eigenvalue weighted by molar-refractivity contribution is 0.305. The Morgan fingerprint density at radius 3 is 2.77 bits per heavy atom. The Labute approximate surface area is 135 Å². The van der Waals surface area contributed by atoms with Crippen LogP contribution in [0.5, 0.6) is 5.88 Å². The van der Waals surface area contributed by atoms with Gasteiger partial charge in [-0.3, -0.25) is 4.99 Å². The molecule has 0 amide bonds. The Bertz CT molecular complexity index is 566. The quantitative estimate of drug-likeness (QED) is 0.609. The van der Waals surface area contributed by atoms with Crippen molar-refractivity contribution < 1.29 is 4.74 Å². The molecule has 0 unspecified atom stereocenters. The molecule has 0 spiro atoms. The lowest BCUT2D eigenvalue weighted by Crippen LogP contribution is -2.36. The van der Waals surface area contributed by atoms with E-state index < -0.39 is 0 Å². The maximum Gasteiger partial charge on any atom is 0.213 e. The van der Waals surface area contributed by atoms with Gasteiger partial charge in [-0.15, -0.1) is 11.3 Å². The number of aliphatic imine (C=N–C) groups is 1. The molecule has 0 saturated heterocycles. The standard InChI is InChI=1S/C16H22N4OS/c1-3-8-21-15-7-6-13(10-18-15)11-19-16(17-2)20-12-14-5-4-9-22-14/h4-7,9-10H,3,8,11-12H2,1-2H3,(H2,17,19,20). The van der Waals surface area contributed by atoms with E-state index in [9.17, 15) is 0 Å². The number of hydrogen-bond acceptors (Lipinski definition) is 4. The van der Waals surface area contributed by atoms with E-state index in [-0.39, 0.29) is 0 Å². The Morgan fingerprint density at radius 2 is 2.14 bits per heavy atom. The average molecular weight is 318 g/mol. The van der Waals surface area contributed by atoms with Crippen LogP contribution in [0.15, 0.2) is 40.8 Å². The van der Waals surface area contributed by atoms with E-state index in [1.54, 1.807) is 18.4 Å². The monoisotopic (exact) mass is 318 g/mol. The van der Waals surface area contributed by atoms with Gasteiger partial charge in [-0.1, -0.05) is 19.1 Å². The molecule has 6 heteroatoms. The molecule has 0 atom stereocenters. The van der Waals surface area contributed by atoms with Crippen LogP contribution in [0.25, 0.3) is 0 Å². The molecule has 0 aliphatic heterocycles. The van der Waals surface area contributed by atoms with Crippen molar-refractivity contribution in [1.82, 2.24) is 15.6 Å². The van der Waals surface area contributed by atoms with Gasteiger partial charge in [0.25, 0.3) is 0 Å². The summed E-state index contributed by atoms with van der Waals surface area (Å²) in [6.45, 7) is 4.22. The SMILES string of the molecule is CCCOc1ccc(CNC(=NC)NCc2cccs2)cn1. The smallest absolute Gasteiger partial charge is 0.213 e. The van der Waals surface area contributed by atoms with Crippen LogP contribution in [-0.4, -0.2) is 24.6 Å². The minimum atomic E-state index is 0.672. The van der Waals surface area contributed by atoms with Crippen LogP contribution >= 0.6 is 11.3 Å². The van der Waals surface area contributed by atoms with Crippen LogP contribution in [0.1, 0.15) is 23.8 Å². The van der Waals surface area contributed by atoms with Gasteiger partial charge in [0.05, 0.1) is 13.2 Å². The van der Waals surface area contributed by atoms with Crippen molar-refractivity contribution in [3.63, 3.8) is 0 Å². The third-order valence-corrected chi connectivity index (χ3v) is 3.82. The zero-order valence-electron chi connectivity index (χ0n) is 13.0. The molecule has 2 N–H and O–H groups in total. The fraction of sp³-hybridized carbons (Fsp3) is 0.375. The number of hydrogen-bond donors (Lipinski definition) is 2. The van der Waals surface area contributed by atoms with Gasteiger partial charge in [0.1, 0.15) is 0 Å². The van der Waals surface area contributed by atoms with E-state index in [1.807, 2.05) is 24.4 Å². The predicted octanol–water partition coefficient (Wildman–Crippen LogP) is 2.80. The number of aromatic nitrogens is 1. The number of rotatable bonds is 7. The number of thiophene rings is 1. The molecule has 0 aromatic carbocycles. The number of nitrogens with zero attached hydrogens (tertiary/aromatic N) is 2. The van der Waals surface area contributed by atoms with E-state index >= 15 is 0 Å². The normalized spacial score (nSPS) is 11.3. The first-order valence-electron chi connectivity index (χ1n) is 7.36. The van der Waals surface area contributed by atoms with Crippen molar-refractivity contribution in [2.45, 2.75) is 26.4 Å². The summed E-state index contributed by atoms with van der Waals surface area (Å²) in [7, 11) is 1.77. The number of ether oxygens (including phenoxy) is 1. The molecule has 0 fully saturated rings. The van der Waals surface area contributed by atoms with Crippen molar-refractivity contribution in [3.05, 3.63) is 46.3 Å². The molecular formula is C16H22N4OS. The second kappa shape index (κ2) is 9.04. The summed E-state index contributed by atoms with van der Waals surface area (Å²) in [5.74, 6) is 1.45. The first kappa shape index (κ1) is 16.3. The lowest BCUT2D eigenvalue weighted by atomic mass is 10.3. The Hall–Kier alpha value is -2.08. The Morgan fingerprint density at radius 1 is 1.27 bits per heavy atom. The molecule has 22 heavy (non-hydrogen) atoms. The summed E-state index contributed by atoms with van der Waals surface area (Å²) >= 11 is 1.73. The molecule has 2 aromatic rings. The van der Waals surface area contributed by atoms with Crippen LogP contribution in [0.3, 0.4) is 0 Å². The van der Waals surface area contributed by atoms with E-state index in [0.717, 1.165) is 24.5 Å². The summed E-state index contributed by atoms with van der Waals surface area (Å²) in [6.07, 6.45) is 2.81. The van der Waals surface area contributed by atoms with E-state index in [1.165, 1.54) is 4.88 Å². The van der Waals surface area contributed by atoms with Crippen molar-refractivity contribution >= 4 is 17.3 Å². The van der Waals surface area contributed by atoms with Crippen molar-refractivity contribution in [1.29, 1.82) is 0 Å². The van der Waals surface area contributed by atoms with Crippen molar-refractivity contribution in [2.24, 2.45) is 4.99 Å². The first-order chi connectivity index (χ1) is 10.8.